The quantitative estimate of drug-likeness (QED) is 0.846. The molecule has 1 unspecified atom stereocenters. The van der Waals surface area contributed by atoms with Crippen LogP contribution in [0.4, 0.5) is 5.82 Å². The van der Waals surface area contributed by atoms with Gasteiger partial charge in [0.15, 0.2) is 17.6 Å². The first-order valence-corrected chi connectivity index (χ1v) is 7.42. The van der Waals surface area contributed by atoms with Crippen molar-refractivity contribution in [2.45, 2.75) is 32.9 Å². The van der Waals surface area contributed by atoms with Crippen molar-refractivity contribution in [3.63, 3.8) is 0 Å². The molecule has 0 radical (unpaired) electrons. The van der Waals surface area contributed by atoms with E-state index in [0.29, 0.717) is 30.3 Å². The fourth-order valence-corrected chi connectivity index (χ4v) is 2.02. The molecule has 0 aliphatic rings. The molecule has 0 saturated carbocycles. The number of hydrogen-bond donors (Lipinski definition) is 1. The zero-order valence-electron chi connectivity index (χ0n) is 13.5. The smallest absolute Gasteiger partial charge is 0.184 e. The summed E-state index contributed by atoms with van der Waals surface area (Å²) in [5.74, 6) is 1.89. The van der Waals surface area contributed by atoms with Crippen LogP contribution in [0, 0.1) is 18.3 Å². The summed E-state index contributed by atoms with van der Waals surface area (Å²) in [6, 6.07) is 7.76. The lowest BCUT2D eigenvalue weighted by molar-refractivity contribution is 0.238. The fraction of sp³-hybridized carbons (Fsp3) is 0.353. The summed E-state index contributed by atoms with van der Waals surface area (Å²) < 4.78 is 11.0. The minimum Gasteiger partial charge on any atom is -0.493 e. The second-order valence-electron chi connectivity index (χ2n) is 5.03. The van der Waals surface area contributed by atoms with E-state index in [1.54, 1.807) is 19.5 Å². The Kier molecular flexibility index (Phi) is 5.75. The van der Waals surface area contributed by atoms with Crippen LogP contribution in [-0.2, 0) is 6.54 Å². The van der Waals surface area contributed by atoms with E-state index in [0.717, 1.165) is 11.3 Å². The molecule has 1 atom stereocenters. The fourth-order valence-electron chi connectivity index (χ4n) is 2.02. The van der Waals surface area contributed by atoms with Gasteiger partial charge in [-0.15, -0.1) is 0 Å². The van der Waals surface area contributed by atoms with Crippen LogP contribution in [0.3, 0.4) is 0 Å². The number of methoxy groups -OCH3 is 1. The van der Waals surface area contributed by atoms with E-state index < -0.39 is 6.10 Å². The Morgan fingerprint density at radius 3 is 2.78 bits per heavy atom. The summed E-state index contributed by atoms with van der Waals surface area (Å²) in [5.41, 5.74) is 1.85. The largest absolute Gasteiger partial charge is 0.493 e. The molecule has 1 N–H and O–H groups in total. The lowest BCUT2D eigenvalue weighted by Gasteiger charge is -2.15. The predicted octanol–water partition coefficient (Wildman–Crippen LogP) is 3.09. The summed E-state index contributed by atoms with van der Waals surface area (Å²) in [7, 11) is 1.58. The second-order valence-corrected chi connectivity index (χ2v) is 5.03. The third-order valence-electron chi connectivity index (χ3n) is 3.24. The number of nitrogens with one attached hydrogen (secondary N) is 1. The summed E-state index contributed by atoms with van der Waals surface area (Å²) >= 11 is 0. The molecule has 0 amide bonds. The molecule has 0 aliphatic heterocycles. The Labute approximate surface area is 136 Å². The van der Waals surface area contributed by atoms with E-state index in [-0.39, 0.29) is 0 Å². The molecule has 1 aromatic heterocycles. The van der Waals surface area contributed by atoms with Gasteiger partial charge in [0.05, 0.1) is 19.0 Å². The lowest BCUT2D eigenvalue weighted by Crippen LogP contribution is -2.13. The third kappa shape index (κ3) is 4.58. The van der Waals surface area contributed by atoms with Crippen LogP contribution in [0.1, 0.15) is 24.6 Å². The highest BCUT2D eigenvalue weighted by atomic mass is 16.5. The number of ether oxygens (including phenoxy) is 2. The van der Waals surface area contributed by atoms with Crippen molar-refractivity contribution in [2.24, 2.45) is 0 Å². The molecule has 0 spiro atoms. The first-order valence-electron chi connectivity index (χ1n) is 7.42. The van der Waals surface area contributed by atoms with Gasteiger partial charge >= 0.3 is 0 Å². The maximum atomic E-state index is 9.05. The average molecular weight is 312 g/mol. The SMILES string of the molecule is CCC(C#N)Oc1cc(CNc2cncc(C)n2)ccc1OC. The van der Waals surface area contributed by atoms with Crippen molar-refractivity contribution >= 4 is 5.82 Å². The third-order valence-corrected chi connectivity index (χ3v) is 3.24. The van der Waals surface area contributed by atoms with Crippen LogP contribution in [-0.4, -0.2) is 23.2 Å². The molecule has 1 aromatic carbocycles. The number of aryl methyl sites for hydroxylation is 1. The second kappa shape index (κ2) is 7.99. The number of hydrogen-bond acceptors (Lipinski definition) is 6. The van der Waals surface area contributed by atoms with Crippen molar-refractivity contribution in [3.8, 4) is 17.6 Å². The highest BCUT2D eigenvalue weighted by Gasteiger charge is 2.12. The van der Waals surface area contributed by atoms with Gasteiger partial charge < -0.3 is 14.8 Å². The van der Waals surface area contributed by atoms with Gasteiger partial charge in [0.2, 0.25) is 0 Å². The molecule has 6 heteroatoms. The molecule has 0 bridgehead atoms. The molecular formula is C17H20N4O2. The van der Waals surface area contributed by atoms with Crippen LogP contribution in [0.2, 0.25) is 0 Å². The van der Waals surface area contributed by atoms with Gasteiger partial charge in [-0.2, -0.15) is 5.26 Å². The molecule has 120 valence electrons. The van der Waals surface area contributed by atoms with Gasteiger partial charge in [0, 0.05) is 12.7 Å². The number of rotatable bonds is 7. The zero-order chi connectivity index (χ0) is 16.7. The minimum atomic E-state index is -0.491. The van der Waals surface area contributed by atoms with E-state index >= 15 is 0 Å². The Hall–Kier alpha value is -2.81. The summed E-state index contributed by atoms with van der Waals surface area (Å²) in [6.07, 6.45) is 3.50. The predicted molar refractivity (Wildman–Crippen MR) is 87.4 cm³/mol. The van der Waals surface area contributed by atoms with E-state index in [1.807, 2.05) is 32.0 Å². The molecule has 23 heavy (non-hydrogen) atoms. The molecule has 0 saturated heterocycles. The Morgan fingerprint density at radius 2 is 2.13 bits per heavy atom. The molecule has 2 rings (SSSR count). The van der Waals surface area contributed by atoms with Crippen LogP contribution >= 0.6 is 0 Å². The Morgan fingerprint density at radius 1 is 1.30 bits per heavy atom. The van der Waals surface area contributed by atoms with Crippen molar-refractivity contribution < 1.29 is 9.47 Å². The van der Waals surface area contributed by atoms with Gasteiger partial charge in [0.1, 0.15) is 11.9 Å². The number of benzene rings is 1. The monoisotopic (exact) mass is 312 g/mol. The van der Waals surface area contributed by atoms with Crippen molar-refractivity contribution in [3.05, 3.63) is 41.9 Å². The van der Waals surface area contributed by atoms with Crippen LogP contribution < -0.4 is 14.8 Å². The van der Waals surface area contributed by atoms with Gasteiger partial charge in [-0.3, -0.25) is 4.98 Å². The highest BCUT2D eigenvalue weighted by molar-refractivity contribution is 5.44. The number of anilines is 1. The van der Waals surface area contributed by atoms with Crippen molar-refractivity contribution in [1.82, 2.24) is 9.97 Å². The molecule has 0 fully saturated rings. The molecule has 6 nitrogen and oxygen atoms in total. The summed E-state index contributed by atoms with van der Waals surface area (Å²) in [4.78, 5) is 8.44. The normalized spacial score (nSPS) is 11.4. The van der Waals surface area contributed by atoms with Crippen LogP contribution in [0.25, 0.3) is 0 Å². The number of nitrogens with zero attached hydrogens (tertiary/aromatic N) is 3. The van der Waals surface area contributed by atoms with E-state index in [9.17, 15) is 0 Å². The van der Waals surface area contributed by atoms with Crippen LogP contribution in [0.5, 0.6) is 11.5 Å². The average Bonchev–Trinajstić information content (AvgIpc) is 2.58. The van der Waals surface area contributed by atoms with Crippen molar-refractivity contribution in [1.29, 1.82) is 5.26 Å². The number of nitriles is 1. The summed E-state index contributed by atoms with van der Waals surface area (Å²) in [5, 5.41) is 12.3. The Balaban J connectivity index is 2.12. The Bertz CT molecular complexity index is 697. The molecular weight excluding hydrogens is 292 g/mol. The van der Waals surface area contributed by atoms with Gasteiger partial charge in [-0.25, -0.2) is 4.98 Å². The van der Waals surface area contributed by atoms with E-state index in [1.165, 1.54) is 0 Å². The topological polar surface area (TPSA) is 80.1 Å². The molecule has 0 aliphatic carbocycles. The minimum absolute atomic E-state index is 0.491. The summed E-state index contributed by atoms with van der Waals surface area (Å²) in [6.45, 7) is 4.37. The first kappa shape index (κ1) is 16.6. The lowest BCUT2D eigenvalue weighted by atomic mass is 10.2. The first-order chi connectivity index (χ1) is 11.2. The van der Waals surface area contributed by atoms with E-state index in [2.05, 4.69) is 21.4 Å². The maximum Gasteiger partial charge on any atom is 0.184 e. The van der Waals surface area contributed by atoms with Gasteiger partial charge in [-0.05, 0) is 31.0 Å². The molecule has 1 heterocycles. The number of aromatic nitrogens is 2. The molecule has 2 aromatic rings. The zero-order valence-corrected chi connectivity index (χ0v) is 13.5. The van der Waals surface area contributed by atoms with Crippen LogP contribution in [0.15, 0.2) is 30.6 Å². The van der Waals surface area contributed by atoms with Gasteiger partial charge in [-0.1, -0.05) is 13.0 Å². The van der Waals surface area contributed by atoms with E-state index in [4.69, 9.17) is 14.7 Å². The maximum absolute atomic E-state index is 9.05. The van der Waals surface area contributed by atoms with Crippen molar-refractivity contribution in [2.75, 3.05) is 12.4 Å². The standard InChI is InChI=1S/C17H20N4O2/c1-4-14(8-18)23-16-7-13(5-6-15(16)22-3)10-20-17-11-19-9-12(2)21-17/h5-7,9,11,14H,4,10H2,1-3H3,(H,20,21). The van der Waals surface area contributed by atoms with Gasteiger partial charge in [0.25, 0.3) is 0 Å². The highest BCUT2D eigenvalue weighted by Crippen LogP contribution is 2.29.